The monoisotopic (exact) mass is 175 g/mol. The fourth-order valence-electron chi connectivity index (χ4n) is 1.46. The summed E-state index contributed by atoms with van der Waals surface area (Å²) < 4.78 is 2.20. The van der Waals surface area contributed by atoms with E-state index in [4.69, 9.17) is 0 Å². The molecule has 0 aromatic carbocycles. The first kappa shape index (κ1) is 9.85. The van der Waals surface area contributed by atoms with Crippen LogP contribution in [0.25, 0.3) is 12.2 Å². The van der Waals surface area contributed by atoms with Crippen molar-refractivity contribution in [3.63, 3.8) is 0 Å². The van der Waals surface area contributed by atoms with E-state index in [-0.39, 0.29) is 0 Å². The first-order chi connectivity index (χ1) is 6.20. The van der Waals surface area contributed by atoms with E-state index in [1.807, 2.05) is 13.8 Å². The molecule has 0 saturated carbocycles. The van der Waals surface area contributed by atoms with Gasteiger partial charge in [0.2, 0.25) is 0 Å². The predicted octanol–water partition coefficient (Wildman–Crippen LogP) is 3.40. The van der Waals surface area contributed by atoms with Gasteiger partial charge in [0.1, 0.15) is 0 Å². The van der Waals surface area contributed by atoms with E-state index < -0.39 is 0 Å². The Morgan fingerprint density at radius 2 is 1.77 bits per heavy atom. The van der Waals surface area contributed by atoms with E-state index in [2.05, 4.69) is 48.9 Å². The molecule has 13 heavy (non-hydrogen) atoms. The summed E-state index contributed by atoms with van der Waals surface area (Å²) in [5.41, 5.74) is 3.86. The van der Waals surface area contributed by atoms with Crippen LogP contribution in [0.4, 0.5) is 0 Å². The van der Waals surface area contributed by atoms with Gasteiger partial charge in [-0.15, -0.1) is 0 Å². The molecule has 1 heterocycles. The van der Waals surface area contributed by atoms with E-state index in [9.17, 15) is 0 Å². The maximum absolute atomic E-state index is 2.20. The van der Waals surface area contributed by atoms with Crippen LogP contribution < -0.4 is 0 Å². The Kier molecular flexibility index (Phi) is 3.13. The second kappa shape index (κ2) is 4.13. The number of hydrogen-bond acceptors (Lipinski definition) is 0. The van der Waals surface area contributed by atoms with E-state index in [1.165, 1.54) is 17.0 Å². The zero-order valence-corrected chi connectivity index (χ0v) is 8.83. The smallest absolute Gasteiger partial charge is 0.0476 e. The lowest BCUT2D eigenvalue weighted by Crippen LogP contribution is -1.93. The molecule has 0 bridgehead atoms. The molecule has 1 nitrogen and oxygen atoms in total. The van der Waals surface area contributed by atoms with E-state index in [1.54, 1.807) is 0 Å². The summed E-state index contributed by atoms with van der Waals surface area (Å²) in [7, 11) is 2.09. The lowest BCUT2D eigenvalue weighted by atomic mass is 10.2. The Balaban J connectivity index is 3.26. The lowest BCUT2D eigenvalue weighted by molar-refractivity contribution is 0.870. The highest BCUT2D eigenvalue weighted by Gasteiger charge is 2.03. The topological polar surface area (TPSA) is 4.93 Å². The van der Waals surface area contributed by atoms with Crippen molar-refractivity contribution in [2.75, 3.05) is 0 Å². The van der Waals surface area contributed by atoms with Crippen molar-refractivity contribution in [3.8, 4) is 0 Å². The van der Waals surface area contributed by atoms with Gasteiger partial charge in [0.25, 0.3) is 0 Å². The highest BCUT2D eigenvalue weighted by atomic mass is 14.9. The summed E-state index contributed by atoms with van der Waals surface area (Å²) in [4.78, 5) is 0. The van der Waals surface area contributed by atoms with Crippen molar-refractivity contribution in [2.45, 2.75) is 20.8 Å². The number of aryl methyl sites for hydroxylation is 1. The molecule has 0 saturated heterocycles. The second-order valence-corrected chi connectivity index (χ2v) is 3.19. The van der Waals surface area contributed by atoms with Crippen LogP contribution in [0.2, 0.25) is 0 Å². The molecular formula is C12H17N. The first-order valence-electron chi connectivity index (χ1n) is 4.62. The van der Waals surface area contributed by atoms with Gasteiger partial charge in [-0.1, -0.05) is 18.2 Å². The molecule has 1 heteroatoms. The molecule has 0 atom stereocenters. The summed E-state index contributed by atoms with van der Waals surface area (Å²) in [6.07, 6.45) is 8.42. The minimum atomic E-state index is 1.28. The maximum Gasteiger partial charge on any atom is 0.0476 e. The molecule has 1 rings (SSSR count). The fourth-order valence-corrected chi connectivity index (χ4v) is 1.46. The number of nitrogens with zero attached hydrogens (tertiary/aromatic N) is 1. The molecule has 0 amide bonds. The predicted molar refractivity (Wildman–Crippen MR) is 59.6 cm³/mol. The Labute approximate surface area is 80.4 Å². The molecular weight excluding hydrogens is 158 g/mol. The van der Waals surface area contributed by atoms with Gasteiger partial charge in [-0.3, -0.25) is 0 Å². The Bertz CT molecular complexity index is 340. The summed E-state index contributed by atoms with van der Waals surface area (Å²) in [6.45, 7) is 6.21. The normalized spacial score (nSPS) is 12.0. The highest BCUT2D eigenvalue weighted by molar-refractivity contribution is 5.64. The average Bonchev–Trinajstić information content (AvgIpc) is 2.34. The number of aromatic nitrogens is 1. The first-order valence-corrected chi connectivity index (χ1v) is 4.62. The van der Waals surface area contributed by atoms with Gasteiger partial charge in [-0.25, -0.2) is 0 Å². The molecule has 1 aromatic heterocycles. The minimum absolute atomic E-state index is 1.28. The SMILES string of the molecule is C/C=C\c1cc(C)n(C)c1/C=C\C. The van der Waals surface area contributed by atoms with Gasteiger partial charge >= 0.3 is 0 Å². The minimum Gasteiger partial charge on any atom is -0.348 e. The highest BCUT2D eigenvalue weighted by Crippen LogP contribution is 2.17. The zero-order chi connectivity index (χ0) is 9.84. The molecule has 0 spiro atoms. The fraction of sp³-hybridized carbons (Fsp3) is 0.333. The number of rotatable bonds is 2. The van der Waals surface area contributed by atoms with Crippen molar-refractivity contribution in [3.05, 3.63) is 35.2 Å². The third-order valence-corrected chi connectivity index (χ3v) is 2.22. The van der Waals surface area contributed by atoms with Crippen LogP contribution in [0.15, 0.2) is 18.2 Å². The van der Waals surface area contributed by atoms with Gasteiger partial charge in [0.15, 0.2) is 0 Å². The van der Waals surface area contributed by atoms with E-state index in [0.717, 1.165) is 0 Å². The second-order valence-electron chi connectivity index (χ2n) is 3.19. The standard InChI is InChI=1S/C12H17N/c1-5-7-11-9-10(3)13(4)12(11)8-6-2/h5-9H,1-4H3/b7-5-,8-6-. The Morgan fingerprint density at radius 3 is 2.31 bits per heavy atom. The molecule has 0 aliphatic carbocycles. The van der Waals surface area contributed by atoms with Gasteiger partial charge in [0, 0.05) is 18.4 Å². The molecule has 70 valence electrons. The van der Waals surface area contributed by atoms with Crippen LogP contribution >= 0.6 is 0 Å². The zero-order valence-electron chi connectivity index (χ0n) is 8.83. The molecule has 0 unspecified atom stereocenters. The quantitative estimate of drug-likeness (QED) is 0.649. The maximum atomic E-state index is 2.20. The van der Waals surface area contributed by atoms with Crippen molar-refractivity contribution < 1.29 is 0 Å². The molecule has 0 aliphatic heterocycles. The van der Waals surface area contributed by atoms with Crippen LogP contribution in [0.1, 0.15) is 30.8 Å². The van der Waals surface area contributed by atoms with Crippen LogP contribution in [0, 0.1) is 6.92 Å². The van der Waals surface area contributed by atoms with E-state index >= 15 is 0 Å². The lowest BCUT2D eigenvalue weighted by Gasteiger charge is -2.00. The molecule has 1 aromatic rings. The van der Waals surface area contributed by atoms with Crippen molar-refractivity contribution >= 4 is 12.2 Å². The largest absolute Gasteiger partial charge is 0.348 e. The third kappa shape index (κ3) is 1.92. The van der Waals surface area contributed by atoms with Crippen molar-refractivity contribution in [1.82, 2.24) is 4.57 Å². The van der Waals surface area contributed by atoms with Crippen LogP contribution in [0.5, 0.6) is 0 Å². The third-order valence-electron chi connectivity index (χ3n) is 2.22. The van der Waals surface area contributed by atoms with Crippen molar-refractivity contribution in [1.29, 1.82) is 0 Å². The van der Waals surface area contributed by atoms with Gasteiger partial charge in [-0.2, -0.15) is 0 Å². The van der Waals surface area contributed by atoms with E-state index in [0.29, 0.717) is 0 Å². The van der Waals surface area contributed by atoms with Gasteiger partial charge in [-0.05, 0) is 38.5 Å². The summed E-state index contributed by atoms with van der Waals surface area (Å²) in [5.74, 6) is 0. The molecule has 0 N–H and O–H groups in total. The number of allylic oxidation sites excluding steroid dienone is 2. The molecule has 0 radical (unpaired) electrons. The summed E-state index contributed by atoms with van der Waals surface area (Å²) in [6, 6.07) is 2.20. The van der Waals surface area contributed by atoms with Crippen LogP contribution in [-0.4, -0.2) is 4.57 Å². The number of hydrogen-bond donors (Lipinski definition) is 0. The Morgan fingerprint density at radius 1 is 1.15 bits per heavy atom. The van der Waals surface area contributed by atoms with Crippen LogP contribution in [-0.2, 0) is 7.05 Å². The van der Waals surface area contributed by atoms with Gasteiger partial charge < -0.3 is 4.57 Å². The summed E-state index contributed by atoms with van der Waals surface area (Å²) >= 11 is 0. The Hall–Kier alpha value is -1.24. The summed E-state index contributed by atoms with van der Waals surface area (Å²) in [5, 5.41) is 0. The van der Waals surface area contributed by atoms with Crippen molar-refractivity contribution in [2.24, 2.45) is 7.05 Å². The molecule has 0 fully saturated rings. The molecule has 0 aliphatic rings. The van der Waals surface area contributed by atoms with Gasteiger partial charge in [0.05, 0.1) is 0 Å². The average molecular weight is 175 g/mol. The van der Waals surface area contributed by atoms with Crippen LogP contribution in [0.3, 0.4) is 0 Å².